The molecule has 2 atom stereocenters. The van der Waals surface area contributed by atoms with Gasteiger partial charge in [-0.1, -0.05) is 23.8 Å². The van der Waals surface area contributed by atoms with Crippen LogP contribution in [0.3, 0.4) is 0 Å². The van der Waals surface area contributed by atoms with Crippen molar-refractivity contribution < 1.29 is 13.2 Å². The second-order valence-corrected chi connectivity index (χ2v) is 8.95. The lowest BCUT2D eigenvalue weighted by molar-refractivity contribution is -0.126. The van der Waals surface area contributed by atoms with E-state index in [1.807, 2.05) is 32.9 Å². The monoisotopic (exact) mass is 352 g/mol. The molecule has 1 heterocycles. The maximum Gasteiger partial charge on any atom is 0.224 e. The second kappa shape index (κ2) is 7.66. The van der Waals surface area contributed by atoms with Gasteiger partial charge in [-0.2, -0.15) is 0 Å². The summed E-state index contributed by atoms with van der Waals surface area (Å²) in [5.41, 5.74) is 3.45. The Balaban J connectivity index is 2.03. The molecule has 1 aromatic carbocycles. The summed E-state index contributed by atoms with van der Waals surface area (Å²) >= 11 is 0. The van der Waals surface area contributed by atoms with E-state index in [2.05, 4.69) is 11.4 Å². The number of nitrogens with one attached hydrogen (secondary N) is 1. The van der Waals surface area contributed by atoms with Crippen LogP contribution in [0, 0.1) is 19.8 Å². The van der Waals surface area contributed by atoms with Crippen LogP contribution in [0.25, 0.3) is 0 Å². The molecule has 1 N–H and O–H groups in total. The van der Waals surface area contributed by atoms with Crippen molar-refractivity contribution in [2.45, 2.75) is 46.6 Å². The number of aryl methyl sites for hydroxylation is 2. The SMILES string of the molecule is CCS(=O)(=O)N1CCC[C@@H](C(=O)N[C@@H](C)c2ccc(C)cc2C)C1. The molecule has 1 aliphatic heterocycles. The van der Waals surface area contributed by atoms with Crippen molar-refractivity contribution in [3.63, 3.8) is 0 Å². The molecular weight excluding hydrogens is 324 g/mol. The van der Waals surface area contributed by atoms with Crippen LogP contribution < -0.4 is 5.32 Å². The number of hydrogen-bond donors (Lipinski definition) is 1. The molecule has 5 nitrogen and oxygen atoms in total. The first-order valence-electron chi connectivity index (χ1n) is 8.60. The summed E-state index contributed by atoms with van der Waals surface area (Å²) in [5.74, 6) is -0.243. The van der Waals surface area contributed by atoms with Crippen molar-refractivity contribution in [2.75, 3.05) is 18.8 Å². The Morgan fingerprint density at radius 3 is 2.71 bits per heavy atom. The smallest absolute Gasteiger partial charge is 0.224 e. The molecular formula is C18H28N2O3S. The lowest BCUT2D eigenvalue weighted by atomic mass is 9.96. The Hall–Kier alpha value is -1.40. The first-order valence-corrected chi connectivity index (χ1v) is 10.2. The summed E-state index contributed by atoms with van der Waals surface area (Å²) < 4.78 is 25.5. The predicted octanol–water partition coefficient (Wildman–Crippen LogP) is 2.54. The van der Waals surface area contributed by atoms with Crippen molar-refractivity contribution in [3.05, 3.63) is 34.9 Å². The summed E-state index contributed by atoms with van der Waals surface area (Å²) in [6, 6.07) is 6.11. The van der Waals surface area contributed by atoms with Crippen molar-refractivity contribution in [2.24, 2.45) is 5.92 Å². The van der Waals surface area contributed by atoms with Crippen LogP contribution in [0.15, 0.2) is 18.2 Å². The van der Waals surface area contributed by atoms with E-state index in [0.29, 0.717) is 13.1 Å². The van der Waals surface area contributed by atoms with E-state index < -0.39 is 10.0 Å². The zero-order chi connectivity index (χ0) is 17.9. The van der Waals surface area contributed by atoms with Gasteiger partial charge in [0.15, 0.2) is 0 Å². The fourth-order valence-corrected chi connectivity index (χ4v) is 4.49. The topological polar surface area (TPSA) is 66.5 Å². The molecule has 1 amide bonds. The number of nitrogens with zero attached hydrogens (tertiary/aromatic N) is 1. The van der Waals surface area contributed by atoms with Gasteiger partial charge in [0, 0.05) is 13.1 Å². The van der Waals surface area contributed by atoms with Gasteiger partial charge in [-0.25, -0.2) is 12.7 Å². The van der Waals surface area contributed by atoms with Crippen LogP contribution in [0.5, 0.6) is 0 Å². The van der Waals surface area contributed by atoms with E-state index in [1.54, 1.807) is 6.92 Å². The molecule has 0 radical (unpaired) electrons. The minimum absolute atomic E-state index is 0.0570. The van der Waals surface area contributed by atoms with E-state index in [4.69, 9.17) is 0 Å². The molecule has 1 saturated heterocycles. The number of piperidine rings is 1. The zero-order valence-corrected chi connectivity index (χ0v) is 15.8. The summed E-state index contributed by atoms with van der Waals surface area (Å²) in [6.45, 7) is 8.51. The molecule has 134 valence electrons. The average Bonchev–Trinajstić information content (AvgIpc) is 2.54. The highest BCUT2D eigenvalue weighted by molar-refractivity contribution is 7.89. The molecule has 0 unspecified atom stereocenters. The average molecular weight is 353 g/mol. The standard InChI is InChI=1S/C18H28N2O3S/c1-5-24(22,23)20-10-6-7-16(12-20)18(21)19-15(4)17-9-8-13(2)11-14(17)3/h8-9,11,15-16H,5-7,10,12H2,1-4H3,(H,19,21)/t15-,16+/m0/s1. The Labute approximate surface area is 145 Å². The van der Waals surface area contributed by atoms with Crippen molar-refractivity contribution >= 4 is 15.9 Å². The summed E-state index contributed by atoms with van der Waals surface area (Å²) in [5, 5.41) is 3.06. The van der Waals surface area contributed by atoms with Gasteiger partial charge in [-0.15, -0.1) is 0 Å². The van der Waals surface area contributed by atoms with Gasteiger partial charge >= 0.3 is 0 Å². The highest BCUT2D eigenvalue weighted by Crippen LogP contribution is 2.23. The van der Waals surface area contributed by atoms with Crippen LogP contribution in [-0.4, -0.2) is 37.5 Å². The minimum atomic E-state index is -3.23. The highest BCUT2D eigenvalue weighted by atomic mass is 32.2. The normalized spacial score (nSPS) is 20.6. The fraction of sp³-hybridized carbons (Fsp3) is 0.611. The molecule has 0 bridgehead atoms. The van der Waals surface area contributed by atoms with Gasteiger partial charge in [0.2, 0.25) is 15.9 Å². The molecule has 1 aliphatic rings. The van der Waals surface area contributed by atoms with Crippen LogP contribution in [0.1, 0.15) is 49.4 Å². The third-order valence-corrected chi connectivity index (χ3v) is 6.61. The predicted molar refractivity (Wildman–Crippen MR) is 96.2 cm³/mol. The zero-order valence-electron chi connectivity index (χ0n) is 15.0. The van der Waals surface area contributed by atoms with Gasteiger partial charge in [-0.3, -0.25) is 4.79 Å². The summed E-state index contributed by atoms with van der Waals surface area (Å²) in [7, 11) is -3.23. The third kappa shape index (κ3) is 4.36. The molecule has 2 rings (SSSR count). The van der Waals surface area contributed by atoms with Crippen molar-refractivity contribution in [3.8, 4) is 0 Å². The van der Waals surface area contributed by atoms with Gasteiger partial charge < -0.3 is 5.32 Å². The molecule has 0 aliphatic carbocycles. The molecule has 0 aromatic heterocycles. The number of amides is 1. The number of rotatable bonds is 5. The lowest BCUT2D eigenvalue weighted by Crippen LogP contribution is -2.46. The fourth-order valence-electron chi connectivity index (χ4n) is 3.31. The maximum atomic E-state index is 12.6. The Morgan fingerprint density at radius 1 is 1.38 bits per heavy atom. The number of hydrogen-bond acceptors (Lipinski definition) is 3. The van der Waals surface area contributed by atoms with Gasteiger partial charge in [0.1, 0.15) is 0 Å². The lowest BCUT2D eigenvalue weighted by Gasteiger charge is -2.31. The first-order chi connectivity index (χ1) is 11.2. The Morgan fingerprint density at radius 2 is 2.08 bits per heavy atom. The van der Waals surface area contributed by atoms with E-state index >= 15 is 0 Å². The number of carbonyl (C=O) groups is 1. The van der Waals surface area contributed by atoms with Crippen LogP contribution in [0.2, 0.25) is 0 Å². The summed E-state index contributed by atoms with van der Waals surface area (Å²) in [6.07, 6.45) is 1.47. The maximum absolute atomic E-state index is 12.6. The van der Waals surface area contributed by atoms with Gasteiger partial charge in [-0.05, 0) is 51.7 Å². The molecule has 1 fully saturated rings. The number of sulfonamides is 1. The van der Waals surface area contributed by atoms with Gasteiger partial charge in [0.05, 0.1) is 17.7 Å². The van der Waals surface area contributed by atoms with Gasteiger partial charge in [0.25, 0.3) is 0 Å². The minimum Gasteiger partial charge on any atom is -0.349 e. The van der Waals surface area contributed by atoms with E-state index in [1.165, 1.54) is 9.87 Å². The van der Waals surface area contributed by atoms with E-state index in [-0.39, 0.29) is 23.6 Å². The van der Waals surface area contributed by atoms with Crippen molar-refractivity contribution in [1.29, 1.82) is 0 Å². The molecule has 1 aromatic rings. The highest BCUT2D eigenvalue weighted by Gasteiger charge is 2.31. The Kier molecular flexibility index (Phi) is 6.04. The quantitative estimate of drug-likeness (QED) is 0.885. The molecule has 0 spiro atoms. The summed E-state index contributed by atoms with van der Waals surface area (Å²) in [4.78, 5) is 12.6. The van der Waals surface area contributed by atoms with E-state index in [0.717, 1.165) is 24.0 Å². The number of benzene rings is 1. The largest absolute Gasteiger partial charge is 0.349 e. The molecule has 0 saturated carbocycles. The molecule has 6 heteroatoms. The van der Waals surface area contributed by atoms with Crippen molar-refractivity contribution in [1.82, 2.24) is 9.62 Å². The first kappa shape index (κ1) is 18.9. The van der Waals surface area contributed by atoms with Crippen LogP contribution in [-0.2, 0) is 14.8 Å². The molecule has 24 heavy (non-hydrogen) atoms. The third-order valence-electron chi connectivity index (χ3n) is 4.76. The van der Waals surface area contributed by atoms with Crippen LogP contribution in [0.4, 0.5) is 0 Å². The Bertz CT molecular complexity index is 700. The van der Waals surface area contributed by atoms with Crippen LogP contribution >= 0.6 is 0 Å². The number of carbonyl (C=O) groups excluding carboxylic acids is 1. The second-order valence-electron chi connectivity index (χ2n) is 6.69. The van der Waals surface area contributed by atoms with E-state index in [9.17, 15) is 13.2 Å².